The number of hydrogen-bond donors (Lipinski definition) is 1. The van der Waals surface area contributed by atoms with Crippen LogP contribution < -0.4 is 5.32 Å². The van der Waals surface area contributed by atoms with E-state index in [1.165, 1.54) is 30.5 Å². The first-order chi connectivity index (χ1) is 11.9. The highest BCUT2D eigenvalue weighted by Crippen LogP contribution is 2.32. The van der Waals surface area contributed by atoms with Crippen LogP contribution in [0, 0.1) is 17.0 Å². The van der Waals surface area contributed by atoms with Crippen LogP contribution in [-0.4, -0.2) is 23.7 Å². The first-order valence-corrected chi connectivity index (χ1v) is 7.78. The van der Waals surface area contributed by atoms with Crippen LogP contribution in [0.5, 0.6) is 0 Å². The normalized spacial score (nSPS) is 10.7. The number of aryl methyl sites for hydroxylation is 1. The molecular weight excluding hydrogens is 369 g/mol. The number of nitro benzene ring substituents is 1. The van der Waals surface area contributed by atoms with E-state index >= 15 is 0 Å². The molecule has 9 heteroatoms. The molecule has 0 aliphatic rings. The molecule has 0 heterocycles. The molecule has 7 nitrogen and oxygen atoms in total. The first-order valence-electron chi connectivity index (χ1n) is 7.02. The van der Waals surface area contributed by atoms with Gasteiger partial charge in [-0.15, -0.1) is 0 Å². The van der Waals surface area contributed by atoms with E-state index in [0.717, 1.165) is 5.56 Å². The Balaban J connectivity index is 1.88. The number of nitro groups is 1. The zero-order chi connectivity index (χ0) is 18.4. The lowest BCUT2D eigenvalue weighted by molar-refractivity contribution is -0.384. The Morgan fingerprint density at radius 2 is 1.96 bits per heavy atom. The fourth-order valence-electron chi connectivity index (χ4n) is 1.82. The average Bonchev–Trinajstić information content (AvgIpc) is 2.59. The van der Waals surface area contributed by atoms with Gasteiger partial charge in [-0.1, -0.05) is 34.4 Å². The van der Waals surface area contributed by atoms with Gasteiger partial charge in [-0.2, -0.15) is 0 Å². The molecule has 1 amide bonds. The fraction of sp³-hybridized carbons (Fsp3) is 0.125. The third-order valence-electron chi connectivity index (χ3n) is 3.12. The highest BCUT2D eigenvalue weighted by atomic mass is 35.5. The number of carbonyl (C=O) groups is 1. The summed E-state index contributed by atoms with van der Waals surface area (Å²) in [4.78, 5) is 26.8. The Bertz CT molecular complexity index is 823. The number of oxime groups is 1. The second-order valence-electron chi connectivity index (χ2n) is 4.96. The Morgan fingerprint density at radius 3 is 2.60 bits per heavy atom. The second-order valence-corrected chi connectivity index (χ2v) is 5.74. The zero-order valence-corrected chi connectivity index (χ0v) is 14.5. The summed E-state index contributed by atoms with van der Waals surface area (Å²) < 4.78 is 0. The van der Waals surface area contributed by atoms with E-state index in [-0.39, 0.29) is 12.3 Å². The largest absolute Gasteiger partial charge is 0.386 e. The predicted octanol–water partition coefficient (Wildman–Crippen LogP) is 4.20. The van der Waals surface area contributed by atoms with Crippen molar-refractivity contribution in [2.45, 2.75) is 6.92 Å². The molecule has 0 bridgehead atoms. The summed E-state index contributed by atoms with van der Waals surface area (Å²) in [6.45, 7) is 1.45. The molecule has 0 spiro atoms. The molecule has 0 fully saturated rings. The summed E-state index contributed by atoms with van der Waals surface area (Å²) in [5.74, 6) is -0.477. The molecule has 1 N–H and O–H groups in total. The van der Waals surface area contributed by atoms with E-state index in [4.69, 9.17) is 28.0 Å². The summed E-state index contributed by atoms with van der Waals surface area (Å²) in [7, 11) is 0. The van der Waals surface area contributed by atoms with Crippen molar-refractivity contribution in [3.63, 3.8) is 0 Å². The minimum absolute atomic E-state index is 0.0237. The van der Waals surface area contributed by atoms with E-state index in [1.807, 2.05) is 0 Å². The third-order valence-corrected chi connectivity index (χ3v) is 3.93. The van der Waals surface area contributed by atoms with Crippen LogP contribution in [0.1, 0.15) is 11.1 Å². The van der Waals surface area contributed by atoms with Crippen LogP contribution in [0.15, 0.2) is 41.6 Å². The van der Waals surface area contributed by atoms with Gasteiger partial charge in [0.25, 0.3) is 11.6 Å². The quantitative estimate of drug-likeness (QED) is 0.460. The number of benzene rings is 2. The minimum Gasteiger partial charge on any atom is -0.386 e. The molecule has 0 aliphatic carbocycles. The van der Waals surface area contributed by atoms with Crippen molar-refractivity contribution in [2.75, 3.05) is 11.9 Å². The number of amides is 1. The molecule has 0 saturated heterocycles. The van der Waals surface area contributed by atoms with Crippen LogP contribution in [0.2, 0.25) is 10.0 Å². The first kappa shape index (κ1) is 18.7. The SMILES string of the molecule is Cc1ccc(Cl)c(NC(=O)CO/N=C\c2ccc([N+](=O)[O-])cc2)c1Cl. The Kier molecular flexibility index (Phi) is 6.32. The molecule has 0 aromatic heterocycles. The maximum Gasteiger partial charge on any atom is 0.269 e. The monoisotopic (exact) mass is 381 g/mol. The molecule has 0 unspecified atom stereocenters. The van der Waals surface area contributed by atoms with Gasteiger partial charge in [-0.05, 0) is 36.2 Å². The topological polar surface area (TPSA) is 93.8 Å². The second kappa shape index (κ2) is 8.46. The van der Waals surface area contributed by atoms with E-state index in [1.54, 1.807) is 19.1 Å². The Hall–Kier alpha value is -2.64. The van der Waals surface area contributed by atoms with Crippen molar-refractivity contribution < 1.29 is 14.6 Å². The van der Waals surface area contributed by atoms with Gasteiger partial charge >= 0.3 is 0 Å². The van der Waals surface area contributed by atoms with Gasteiger partial charge < -0.3 is 10.2 Å². The van der Waals surface area contributed by atoms with Crippen molar-refractivity contribution in [3.8, 4) is 0 Å². The number of halogens is 2. The van der Waals surface area contributed by atoms with Crippen molar-refractivity contribution >= 4 is 46.7 Å². The molecule has 2 aromatic rings. The summed E-state index contributed by atoms with van der Waals surface area (Å²) in [5.41, 5.74) is 1.66. The summed E-state index contributed by atoms with van der Waals surface area (Å²) in [5, 5.41) is 17.4. The van der Waals surface area contributed by atoms with E-state index in [2.05, 4.69) is 10.5 Å². The average molecular weight is 382 g/mol. The molecule has 0 aliphatic heterocycles. The van der Waals surface area contributed by atoms with Gasteiger partial charge in [0.05, 0.1) is 26.9 Å². The van der Waals surface area contributed by atoms with Crippen LogP contribution in [0.3, 0.4) is 0 Å². The van der Waals surface area contributed by atoms with Gasteiger partial charge in [-0.25, -0.2) is 0 Å². The molecule has 2 rings (SSSR count). The summed E-state index contributed by atoms with van der Waals surface area (Å²) >= 11 is 12.1. The van der Waals surface area contributed by atoms with Crippen LogP contribution >= 0.6 is 23.2 Å². The molecule has 2 aromatic carbocycles. The summed E-state index contributed by atoms with van der Waals surface area (Å²) in [6, 6.07) is 9.08. The predicted molar refractivity (Wildman–Crippen MR) is 96.5 cm³/mol. The van der Waals surface area contributed by atoms with Gasteiger partial charge in [0.2, 0.25) is 0 Å². The van der Waals surface area contributed by atoms with Crippen LogP contribution in [0.4, 0.5) is 11.4 Å². The number of non-ortho nitro benzene ring substituents is 1. The number of anilines is 1. The Morgan fingerprint density at radius 1 is 1.28 bits per heavy atom. The lowest BCUT2D eigenvalue weighted by atomic mass is 10.2. The smallest absolute Gasteiger partial charge is 0.269 e. The standard InChI is InChI=1S/C16H13Cl2N3O4/c1-10-2-7-13(17)16(15(10)18)20-14(22)9-25-19-8-11-3-5-12(6-4-11)21(23)24/h2-8H,9H2,1H3,(H,20,22)/b19-8-. The number of carbonyl (C=O) groups excluding carboxylic acids is 1. The van der Waals surface area contributed by atoms with Gasteiger partial charge in [0.15, 0.2) is 6.61 Å². The molecule has 0 atom stereocenters. The highest BCUT2D eigenvalue weighted by molar-refractivity contribution is 6.40. The van der Waals surface area contributed by atoms with E-state index in [0.29, 0.717) is 21.3 Å². The maximum absolute atomic E-state index is 11.9. The number of nitrogens with one attached hydrogen (secondary N) is 1. The van der Waals surface area contributed by atoms with Crippen LogP contribution in [0.25, 0.3) is 0 Å². The molecule has 130 valence electrons. The van der Waals surface area contributed by atoms with E-state index in [9.17, 15) is 14.9 Å². The van der Waals surface area contributed by atoms with E-state index < -0.39 is 10.8 Å². The molecule has 25 heavy (non-hydrogen) atoms. The Labute approximate surface area is 153 Å². The van der Waals surface area contributed by atoms with Gasteiger partial charge in [0, 0.05) is 12.1 Å². The van der Waals surface area contributed by atoms with Crippen LogP contribution in [-0.2, 0) is 9.63 Å². The molecule has 0 saturated carbocycles. The zero-order valence-electron chi connectivity index (χ0n) is 13.0. The van der Waals surface area contributed by atoms with Crippen molar-refractivity contribution in [1.82, 2.24) is 0 Å². The lowest BCUT2D eigenvalue weighted by Crippen LogP contribution is -2.17. The minimum atomic E-state index is -0.497. The fourth-order valence-corrected chi connectivity index (χ4v) is 2.29. The van der Waals surface area contributed by atoms with Crippen molar-refractivity contribution in [2.24, 2.45) is 5.16 Å². The third kappa shape index (κ3) is 5.17. The van der Waals surface area contributed by atoms with Gasteiger partial charge in [0.1, 0.15) is 0 Å². The van der Waals surface area contributed by atoms with Crippen molar-refractivity contribution in [3.05, 3.63) is 67.7 Å². The van der Waals surface area contributed by atoms with Gasteiger partial charge in [-0.3, -0.25) is 14.9 Å². The highest BCUT2D eigenvalue weighted by Gasteiger charge is 2.12. The lowest BCUT2D eigenvalue weighted by Gasteiger charge is -2.10. The number of nitrogens with zero attached hydrogens (tertiary/aromatic N) is 2. The maximum atomic E-state index is 11.9. The molecular formula is C16H13Cl2N3O4. The summed E-state index contributed by atoms with van der Waals surface area (Å²) in [6.07, 6.45) is 1.34. The molecule has 0 radical (unpaired) electrons. The number of rotatable bonds is 6. The van der Waals surface area contributed by atoms with Crippen molar-refractivity contribution in [1.29, 1.82) is 0 Å². The number of hydrogen-bond acceptors (Lipinski definition) is 5.